The van der Waals surface area contributed by atoms with Crippen molar-refractivity contribution in [1.82, 2.24) is 4.72 Å². The largest absolute Gasteiger partial charge is 0.481 e. The number of thiophene rings is 1. The molecule has 0 amide bonds. The molecule has 2 N–H and O–H groups in total. The predicted molar refractivity (Wildman–Crippen MR) is 75.1 cm³/mol. The Morgan fingerprint density at radius 2 is 2.00 bits per heavy atom. The zero-order valence-corrected chi connectivity index (χ0v) is 13.1. The molecule has 0 fully saturated rings. The highest BCUT2D eigenvalue weighted by Gasteiger charge is 2.28. The third kappa shape index (κ3) is 4.59. The van der Waals surface area contributed by atoms with E-state index in [9.17, 15) is 13.2 Å². The van der Waals surface area contributed by atoms with Crippen molar-refractivity contribution in [2.45, 2.75) is 50.3 Å². The summed E-state index contributed by atoms with van der Waals surface area (Å²) in [5.74, 6) is -0.935. The van der Waals surface area contributed by atoms with Gasteiger partial charge in [0.1, 0.15) is 4.21 Å². The molecule has 0 atom stereocenters. The summed E-state index contributed by atoms with van der Waals surface area (Å²) in [7, 11) is -3.59. The van der Waals surface area contributed by atoms with Gasteiger partial charge < -0.3 is 5.11 Å². The summed E-state index contributed by atoms with van der Waals surface area (Å²) in [5.41, 5.74) is 0.150. The summed E-state index contributed by atoms with van der Waals surface area (Å²) in [5, 5.41) is 8.66. The smallest absolute Gasteiger partial charge is 0.303 e. The average molecular weight is 305 g/mol. The van der Waals surface area contributed by atoms with Gasteiger partial charge in [-0.15, -0.1) is 11.3 Å². The fourth-order valence-corrected chi connectivity index (χ4v) is 4.51. The summed E-state index contributed by atoms with van der Waals surface area (Å²) in [4.78, 5) is 11.5. The van der Waals surface area contributed by atoms with Gasteiger partial charge in [0.15, 0.2) is 0 Å². The Kier molecular flexibility index (Phi) is 4.76. The quantitative estimate of drug-likeness (QED) is 0.844. The topological polar surface area (TPSA) is 83.5 Å². The third-order valence-corrected chi connectivity index (χ3v) is 6.11. The Bertz CT molecular complexity index is 553. The van der Waals surface area contributed by atoms with Crippen molar-refractivity contribution in [3.8, 4) is 0 Å². The third-order valence-electron chi connectivity index (χ3n) is 2.78. The number of carboxylic acid groups (broad SMARTS) is 1. The molecular formula is C12H19NO4S2. The van der Waals surface area contributed by atoms with Crippen LogP contribution in [0, 0.1) is 13.8 Å². The molecule has 0 radical (unpaired) electrons. The first-order chi connectivity index (χ1) is 8.53. The van der Waals surface area contributed by atoms with Crippen LogP contribution in [0.1, 0.15) is 37.1 Å². The van der Waals surface area contributed by atoms with Crippen LogP contribution in [0.2, 0.25) is 0 Å². The minimum atomic E-state index is -3.59. The van der Waals surface area contributed by atoms with Gasteiger partial charge in [-0.2, -0.15) is 0 Å². The summed E-state index contributed by atoms with van der Waals surface area (Å²) in [6.45, 7) is 7.09. The number of sulfonamides is 1. The Hall–Kier alpha value is -0.920. The van der Waals surface area contributed by atoms with Gasteiger partial charge in [-0.1, -0.05) is 0 Å². The van der Waals surface area contributed by atoms with Crippen LogP contribution in [0.5, 0.6) is 0 Å². The van der Waals surface area contributed by atoms with Gasteiger partial charge in [0.2, 0.25) is 0 Å². The number of hydrogen-bond acceptors (Lipinski definition) is 4. The van der Waals surface area contributed by atoms with Gasteiger partial charge in [-0.05, 0) is 45.7 Å². The lowest BCUT2D eigenvalue weighted by atomic mass is 10.0. The fourth-order valence-electron chi connectivity index (χ4n) is 1.56. The number of aliphatic carboxylic acids is 1. The number of carboxylic acids is 1. The first-order valence-electron chi connectivity index (χ1n) is 5.86. The lowest BCUT2D eigenvalue weighted by Gasteiger charge is -2.24. The highest BCUT2D eigenvalue weighted by atomic mass is 32.2. The van der Waals surface area contributed by atoms with Gasteiger partial charge in [-0.3, -0.25) is 4.79 Å². The Morgan fingerprint density at radius 1 is 1.42 bits per heavy atom. The minimum absolute atomic E-state index is 0.0714. The van der Waals surface area contributed by atoms with E-state index in [-0.39, 0.29) is 17.1 Å². The van der Waals surface area contributed by atoms with E-state index >= 15 is 0 Å². The van der Waals surface area contributed by atoms with Crippen LogP contribution in [-0.4, -0.2) is 25.0 Å². The van der Waals surface area contributed by atoms with Crippen LogP contribution in [0.15, 0.2) is 10.3 Å². The molecule has 0 unspecified atom stereocenters. The molecule has 0 aliphatic heterocycles. The van der Waals surface area contributed by atoms with Crippen molar-refractivity contribution in [2.75, 3.05) is 0 Å². The van der Waals surface area contributed by atoms with Crippen LogP contribution in [0.25, 0.3) is 0 Å². The van der Waals surface area contributed by atoms with Crippen molar-refractivity contribution in [3.63, 3.8) is 0 Å². The van der Waals surface area contributed by atoms with Crippen LogP contribution in [-0.2, 0) is 14.8 Å². The molecule has 1 rings (SSSR count). The van der Waals surface area contributed by atoms with Crippen LogP contribution >= 0.6 is 11.3 Å². The lowest BCUT2D eigenvalue weighted by Crippen LogP contribution is -2.43. The molecule has 0 spiro atoms. The minimum Gasteiger partial charge on any atom is -0.481 e. The second-order valence-electron chi connectivity index (χ2n) is 5.19. The number of nitrogens with one attached hydrogen (secondary N) is 1. The molecule has 7 heteroatoms. The normalized spacial score (nSPS) is 12.6. The first kappa shape index (κ1) is 16.1. The lowest BCUT2D eigenvalue weighted by molar-refractivity contribution is -0.137. The van der Waals surface area contributed by atoms with Gasteiger partial charge in [-0.25, -0.2) is 13.1 Å². The standard InChI is InChI=1S/C12H19NO4S2/c1-8-7-11(18-9(8)2)19(16,17)13-12(3,4)6-5-10(14)15/h7,13H,5-6H2,1-4H3,(H,14,15). The highest BCUT2D eigenvalue weighted by Crippen LogP contribution is 2.26. The highest BCUT2D eigenvalue weighted by molar-refractivity contribution is 7.91. The summed E-state index contributed by atoms with van der Waals surface area (Å²) < 4.78 is 27.3. The van der Waals surface area contributed by atoms with E-state index in [1.165, 1.54) is 11.3 Å². The molecule has 1 aromatic rings. The Labute approximate surface area is 117 Å². The first-order valence-corrected chi connectivity index (χ1v) is 8.16. The zero-order chi connectivity index (χ0) is 14.8. The van der Waals surface area contributed by atoms with Crippen molar-refractivity contribution >= 4 is 27.3 Å². The summed E-state index contributed by atoms with van der Waals surface area (Å²) in [6.07, 6.45) is 0.170. The maximum Gasteiger partial charge on any atom is 0.303 e. The van der Waals surface area contributed by atoms with Crippen molar-refractivity contribution < 1.29 is 18.3 Å². The summed E-state index contributed by atoms with van der Waals surface area (Å²) in [6, 6.07) is 1.63. The van der Waals surface area contributed by atoms with Gasteiger partial charge in [0.25, 0.3) is 10.0 Å². The number of hydrogen-bond donors (Lipinski definition) is 2. The second kappa shape index (κ2) is 5.60. The van der Waals surface area contributed by atoms with E-state index < -0.39 is 21.5 Å². The van der Waals surface area contributed by atoms with E-state index in [2.05, 4.69) is 4.72 Å². The van der Waals surface area contributed by atoms with Gasteiger partial charge >= 0.3 is 5.97 Å². The summed E-state index contributed by atoms with van der Waals surface area (Å²) >= 11 is 1.22. The molecule has 19 heavy (non-hydrogen) atoms. The number of carbonyl (C=O) groups is 1. The zero-order valence-electron chi connectivity index (χ0n) is 11.5. The molecule has 0 aliphatic carbocycles. The van der Waals surface area contributed by atoms with E-state index in [1.54, 1.807) is 19.9 Å². The van der Waals surface area contributed by atoms with E-state index in [0.29, 0.717) is 0 Å². The van der Waals surface area contributed by atoms with Crippen LogP contribution in [0.3, 0.4) is 0 Å². The molecule has 1 heterocycles. The predicted octanol–water partition coefficient (Wildman–Crippen LogP) is 2.29. The fraction of sp³-hybridized carbons (Fsp3) is 0.583. The monoisotopic (exact) mass is 305 g/mol. The maximum atomic E-state index is 12.2. The van der Waals surface area contributed by atoms with Crippen LogP contribution in [0.4, 0.5) is 0 Å². The van der Waals surface area contributed by atoms with Crippen LogP contribution < -0.4 is 4.72 Å². The second-order valence-corrected chi connectivity index (χ2v) is 8.35. The average Bonchev–Trinajstić information content (AvgIpc) is 2.56. The molecule has 0 bridgehead atoms. The van der Waals surface area contributed by atoms with E-state index in [1.807, 2.05) is 13.8 Å². The van der Waals surface area contributed by atoms with Crippen molar-refractivity contribution in [3.05, 3.63) is 16.5 Å². The van der Waals surface area contributed by atoms with Crippen molar-refractivity contribution in [1.29, 1.82) is 0 Å². The molecule has 0 aliphatic rings. The molecule has 0 aromatic carbocycles. The molecule has 5 nitrogen and oxygen atoms in total. The molecule has 108 valence electrons. The van der Waals surface area contributed by atoms with E-state index in [0.717, 1.165) is 10.4 Å². The Morgan fingerprint density at radius 3 is 2.42 bits per heavy atom. The van der Waals surface area contributed by atoms with Crippen molar-refractivity contribution in [2.24, 2.45) is 0 Å². The molecule has 1 aromatic heterocycles. The Balaban J connectivity index is 2.87. The SMILES string of the molecule is Cc1cc(S(=O)(=O)NC(C)(C)CCC(=O)O)sc1C. The van der Waals surface area contributed by atoms with E-state index in [4.69, 9.17) is 5.11 Å². The molecular weight excluding hydrogens is 286 g/mol. The van der Waals surface area contributed by atoms with Gasteiger partial charge in [0.05, 0.1) is 0 Å². The number of aryl methyl sites for hydroxylation is 2. The van der Waals surface area contributed by atoms with Gasteiger partial charge in [0, 0.05) is 16.8 Å². The molecule has 0 saturated heterocycles. The maximum absolute atomic E-state index is 12.2. The molecule has 0 saturated carbocycles. The number of rotatable bonds is 6.